The Bertz CT molecular complexity index is 343. The van der Waals surface area contributed by atoms with E-state index in [9.17, 15) is 0 Å². The van der Waals surface area contributed by atoms with Crippen LogP contribution in [-0.2, 0) is 6.42 Å². The molecule has 0 radical (unpaired) electrons. The Kier molecular flexibility index (Phi) is 6.24. The predicted octanol–water partition coefficient (Wildman–Crippen LogP) is 4.43. The zero-order valence-corrected chi connectivity index (χ0v) is 13.2. The average Bonchev–Trinajstić information content (AvgIpc) is 2.37. The second-order valence-electron chi connectivity index (χ2n) is 5.56. The van der Waals surface area contributed by atoms with Crippen LogP contribution in [0.25, 0.3) is 0 Å². The summed E-state index contributed by atoms with van der Waals surface area (Å²) in [7, 11) is 0. The Morgan fingerprint density at radius 1 is 1.22 bits per heavy atom. The molecule has 0 bridgehead atoms. The summed E-state index contributed by atoms with van der Waals surface area (Å²) in [6.07, 6.45) is 4.57. The molecular formula is C16H27NS. The van der Waals surface area contributed by atoms with Gasteiger partial charge in [-0.3, -0.25) is 0 Å². The van der Waals surface area contributed by atoms with Crippen LogP contribution in [0.5, 0.6) is 0 Å². The first-order valence-corrected chi connectivity index (χ1v) is 8.08. The zero-order chi connectivity index (χ0) is 13.6. The molecule has 1 nitrogen and oxygen atoms in total. The normalized spacial score (nSPS) is 13.6. The minimum absolute atomic E-state index is 0.302. The monoisotopic (exact) mass is 265 g/mol. The van der Waals surface area contributed by atoms with E-state index < -0.39 is 0 Å². The van der Waals surface area contributed by atoms with E-state index in [1.54, 1.807) is 0 Å². The van der Waals surface area contributed by atoms with Gasteiger partial charge in [-0.2, -0.15) is 11.8 Å². The molecule has 0 aliphatic rings. The van der Waals surface area contributed by atoms with Crippen molar-refractivity contribution in [1.82, 2.24) is 5.32 Å². The lowest BCUT2D eigenvalue weighted by atomic mass is 10.0. The molecule has 0 spiro atoms. The largest absolute Gasteiger partial charge is 0.309 e. The molecule has 1 rings (SSSR count). The van der Waals surface area contributed by atoms with Gasteiger partial charge in [-0.05, 0) is 44.6 Å². The van der Waals surface area contributed by atoms with Crippen LogP contribution in [0, 0.1) is 0 Å². The highest BCUT2D eigenvalue weighted by molar-refractivity contribution is 7.99. The molecule has 0 saturated heterocycles. The van der Waals surface area contributed by atoms with Crippen LogP contribution < -0.4 is 5.32 Å². The Morgan fingerprint density at radius 3 is 2.33 bits per heavy atom. The van der Waals surface area contributed by atoms with Crippen LogP contribution >= 0.6 is 11.8 Å². The van der Waals surface area contributed by atoms with E-state index in [4.69, 9.17) is 0 Å². The molecule has 2 heteroatoms. The number of benzene rings is 1. The molecule has 1 aromatic rings. The van der Waals surface area contributed by atoms with Crippen LogP contribution in [0.3, 0.4) is 0 Å². The molecule has 102 valence electrons. The fourth-order valence-corrected chi connectivity index (χ4v) is 2.08. The summed E-state index contributed by atoms with van der Waals surface area (Å²) in [5.74, 6) is 0. The van der Waals surface area contributed by atoms with Gasteiger partial charge in [0.05, 0.1) is 0 Å². The minimum Gasteiger partial charge on any atom is -0.309 e. The highest BCUT2D eigenvalue weighted by atomic mass is 32.2. The lowest BCUT2D eigenvalue weighted by Crippen LogP contribution is -2.33. The molecule has 1 aromatic carbocycles. The SMILES string of the molecule is CCCc1ccc(C(C)NCC(C)(C)SC)cc1. The molecular weight excluding hydrogens is 238 g/mol. The molecule has 0 fully saturated rings. The topological polar surface area (TPSA) is 12.0 Å². The molecule has 1 atom stereocenters. The van der Waals surface area contributed by atoms with Gasteiger partial charge < -0.3 is 5.32 Å². The number of hydrogen-bond donors (Lipinski definition) is 1. The molecule has 1 unspecified atom stereocenters. The lowest BCUT2D eigenvalue weighted by Gasteiger charge is -2.25. The van der Waals surface area contributed by atoms with Crippen molar-refractivity contribution in [3.05, 3.63) is 35.4 Å². The maximum absolute atomic E-state index is 3.62. The van der Waals surface area contributed by atoms with E-state index in [1.807, 2.05) is 11.8 Å². The smallest absolute Gasteiger partial charge is 0.0292 e. The summed E-state index contributed by atoms with van der Waals surface area (Å²) >= 11 is 1.91. The first-order valence-electron chi connectivity index (χ1n) is 6.86. The third-order valence-corrected chi connectivity index (χ3v) is 4.65. The number of nitrogens with one attached hydrogen (secondary N) is 1. The number of rotatable bonds is 7. The quantitative estimate of drug-likeness (QED) is 0.782. The summed E-state index contributed by atoms with van der Waals surface area (Å²) in [6.45, 7) is 10.1. The molecule has 0 saturated carbocycles. The summed E-state index contributed by atoms with van der Waals surface area (Å²) in [5.41, 5.74) is 2.82. The fourth-order valence-electron chi connectivity index (χ4n) is 1.85. The van der Waals surface area contributed by atoms with E-state index in [2.05, 4.69) is 63.5 Å². The summed E-state index contributed by atoms with van der Waals surface area (Å²) in [4.78, 5) is 0. The minimum atomic E-state index is 0.302. The molecule has 18 heavy (non-hydrogen) atoms. The Balaban J connectivity index is 2.53. The predicted molar refractivity (Wildman–Crippen MR) is 84.4 cm³/mol. The maximum atomic E-state index is 3.62. The maximum Gasteiger partial charge on any atom is 0.0292 e. The Hall–Kier alpha value is -0.470. The number of thioether (sulfide) groups is 1. The average molecular weight is 265 g/mol. The van der Waals surface area contributed by atoms with Crippen LogP contribution in [-0.4, -0.2) is 17.5 Å². The second kappa shape index (κ2) is 7.20. The van der Waals surface area contributed by atoms with Crippen molar-refractivity contribution in [3.63, 3.8) is 0 Å². The first-order chi connectivity index (χ1) is 8.48. The summed E-state index contributed by atoms with van der Waals surface area (Å²) < 4.78 is 0.302. The third-order valence-electron chi connectivity index (χ3n) is 3.40. The van der Waals surface area contributed by atoms with Crippen LogP contribution in [0.2, 0.25) is 0 Å². The van der Waals surface area contributed by atoms with Gasteiger partial charge >= 0.3 is 0 Å². The molecule has 0 aromatic heterocycles. The van der Waals surface area contributed by atoms with Gasteiger partial charge in [0.25, 0.3) is 0 Å². The van der Waals surface area contributed by atoms with Gasteiger partial charge in [-0.1, -0.05) is 37.6 Å². The Labute approximate surface area is 117 Å². The van der Waals surface area contributed by atoms with Gasteiger partial charge in [0.2, 0.25) is 0 Å². The van der Waals surface area contributed by atoms with Gasteiger partial charge in [0, 0.05) is 17.3 Å². The van der Waals surface area contributed by atoms with Crippen molar-refractivity contribution in [2.45, 2.75) is 51.3 Å². The highest BCUT2D eigenvalue weighted by Gasteiger charge is 2.17. The fraction of sp³-hybridized carbons (Fsp3) is 0.625. The standard InChI is InChI=1S/C16H27NS/c1-6-7-14-8-10-15(11-9-14)13(2)17-12-16(3,4)18-5/h8-11,13,17H,6-7,12H2,1-5H3. The van der Waals surface area contributed by atoms with Crippen molar-refractivity contribution in [1.29, 1.82) is 0 Å². The van der Waals surface area contributed by atoms with Gasteiger partial charge in [-0.15, -0.1) is 0 Å². The van der Waals surface area contributed by atoms with Gasteiger partial charge in [0.1, 0.15) is 0 Å². The van der Waals surface area contributed by atoms with Crippen molar-refractivity contribution >= 4 is 11.8 Å². The van der Waals surface area contributed by atoms with Crippen LogP contribution in [0.15, 0.2) is 24.3 Å². The van der Waals surface area contributed by atoms with Crippen LogP contribution in [0.4, 0.5) is 0 Å². The van der Waals surface area contributed by atoms with Crippen molar-refractivity contribution in [2.75, 3.05) is 12.8 Å². The highest BCUT2D eigenvalue weighted by Crippen LogP contribution is 2.22. The van der Waals surface area contributed by atoms with Crippen LogP contribution in [0.1, 0.15) is 51.3 Å². The van der Waals surface area contributed by atoms with E-state index in [-0.39, 0.29) is 0 Å². The van der Waals surface area contributed by atoms with E-state index >= 15 is 0 Å². The van der Waals surface area contributed by atoms with E-state index in [0.29, 0.717) is 10.8 Å². The summed E-state index contributed by atoms with van der Waals surface area (Å²) in [6, 6.07) is 9.46. The van der Waals surface area contributed by atoms with Gasteiger partial charge in [0.15, 0.2) is 0 Å². The molecule has 1 N–H and O–H groups in total. The third kappa shape index (κ3) is 5.03. The number of hydrogen-bond acceptors (Lipinski definition) is 2. The zero-order valence-electron chi connectivity index (χ0n) is 12.4. The lowest BCUT2D eigenvalue weighted by molar-refractivity contribution is 0.522. The van der Waals surface area contributed by atoms with Gasteiger partial charge in [-0.25, -0.2) is 0 Å². The second-order valence-corrected chi connectivity index (χ2v) is 7.07. The van der Waals surface area contributed by atoms with Crippen molar-refractivity contribution < 1.29 is 0 Å². The Morgan fingerprint density at radius 2 is 1.83 bits per heavy atom. The first kappa shape index (κ1) is 15.6. The molecule has 0 aliphatic heterocycles. The molecule has 0 heterocycles. The number of aryl methyl sites for hydroxylation is 1. The van der Waals surface area contributed by atoms with E-state index in [0.717, 1.165) is 6.54 Å². The van der Waals surface area contributed by atoms with Crippen molar-refractivity contribution in [3.8, 4) is 0 Å². The van der Waals surface area contributed by atoms with E-state index in [1.165, 1.54) is 24.0 Å². The van der Waals surface area contributed by atoms with Crippen molar-refractivity contribution in [2.24, 2.45) is 0 Å². The molecule has 0 aliphatic carbocycles. The summed E-state index contributed by atoms with van der Waals surface area (Å²) in [5, 5.41) is 3.62. The molecule has 0 amide bonds.